The van der Waals surface area contributed by atoms with E-state index in [1.807, 2.05) is 0 Å². The summed E-state index contributed by atoms with van der Waals surface area (Å²) in [7, 11) is 0. The van der Waals surface area contributed by atoms with E-state index in [1.54, 1.807) is 22.3 Å². The van der Waals surface area contributed by atoms with Gasteiger partial charge in [-0.2, -0.15) is 0 Å². The van der Waals surface area contributed by atoms with Crippen molar-refractivity contribution >= 4 is 19.0 Å². The van der Waals surface area contributed by atoms with Gasteiger partial charge in [0.15, 0.2) is 0 Å². The number of hydrogen-bond acceptors (Lipinski definition) is 0. The maximum atomic E-state index is 2.87. The third-order valence-electron chi connectivity index (χ3n) is 12.9. The molecule has 0 aliphatic heterocycles. The van der Waals surface area contributed by atoms with Crippen LogP contribution in [0.2, 0.25) is 9.26 Å². The van der Waals surface area contributed by atoms with E-state index in [0.717, 1.165) is 0 Å². The standard InChI is InChI=1S/2C26H25.2CH3.H2Si.Zr/c2*1-2-3-6-11-20-18-25-23(21-12-7-4-8-13-21)16-17-24(26(25)19-20)22-14-9-5-10-15-22;;;;/h2*4-5,7-10,12-19H,2-3,6,11H2,1H3;2*1H3;1H2;. The second-order valence-corrected chi connectivity index (χ2v) is 48.1. The van der Waals surface area contributed by atoms with Crippen LogP contribution in [0.5, 0.6) is 0 Å². The summed E-state index contributed by atoms with van der Waals surface area (Å²) in [6.45, 7) is 7.22. The van der Waals surface area contributed by atoms with Crippen LogP contribution in [0.1, 0.15) is 94.7 Å². The van der Waals surface area contributed by atoms with E-state index in [0.29, 0.717) is 7.25 Å². The molecule has 0 N–H and O–H groups in total. The molecule has 2 heteroatoms. The number of fused-ring (bicyclic) bond motifs is 2. The molecule has 0 amide bonds. The zero-order valence-corrected chi connectivity index (χ0v) is 37.9. The summed E-state index contributed by atoms with van der Waals surface area (Å²) < 4.78 is 6.59. The second-order valence-electron chi connectivity index (χ2n) is 17.6. The Morgan fingerprint density at radius 2 is 0.714 bits per heavy atom. The summed E-state index contributed by atoms with van der Waals surface area (Å²) in [6.07, 6.45) is 15.3. The Bertz CT molecular complexity index is 2280. The van der Waals surface area contributed by atoms with Crippen molar-refractivity contribution in [2.45, 2.75) is 81.7 Å². The second kappa shape index (κ2) is 16.4. The SMILES string of the molecule is CCCCCC1=Cc2c(-c3ccccc3)ccc(-c3ccccc3)c2[CH]1[Zr]([CH3])([CH3])(=[SiH2])[CH]1C(CCCCC)=Cc2c(-c3ccccc3)ccc(-c3ccccc3)c21. The molecule has 0 saturated carbocycles. The molecule has 2 atom stereocenters. The quantitative estimate of drug-likeness (QED) is 0.0758. The fourth-order valence-corrected chi connectivity index (χ4v) is 30.1. The normalized spacial score (nSPS) is 16.3. The zero-order chi connectivity index (χ0) is 38.7. The molecule has 56 heavy (non-hydrogen) atoms. The van der Waals surface area contributed by atoms with Crippen molar-refractivity contribution in [1.29, 1.82) is 0 Å². The Balaban J connectivity index is 1.43. The first-order valence-electron chi connectivity index (χ1n) is 21.3. The molecule has 6 aromatic carbocycles. The van der Waals surface area contributed by atoms with Gasteiger partial charge in [0, 0.05) is 0 Å². The van der Waals surface area contributed by atoms with Gasteiger partial charge in [0.1, 0.15) is 0 Å². The molecule has 0 aromatic heterocycles. The monoisotopic (exact) mass is 824 g/mol. The summed E-state index contributed by atoms with van der Waals surface area (Å²) in [4.78, 5) is 0. The van der Waals surface area contributed by atoms with Crippen LogP contribution in [0, 0.1) is 0 Å². The molecule has 0 fully saturated rings. The Kier molecular flexibility index (Phi) is 11.4. The van der Waals surface area contributed by atoms with E-state index in [2.05, 4.69) is 188 Å². The summed E-state index contributed by atoms with van der Waals surface area (Å²) >= 11 is -4.12. The fourth-order valence-electron chi connectivity index (χ4n) is 10.5. The maximum absolute atomic E-state index is 4.12. The zero-order valence-electron chi connectivity index (χ0n) is 34.0. The van der Waals surface area contributed by atoms with E-state index < -0.39 is 17.4 Å². The third kappa shape index (κ3) is 7.29. The molecule has 0 saturated heterocycles. The number of hydrogen-bond donors (Lipinski definition) is 0. The molecular formula is C54H58SiZr. The molecule has 0 nitrogen and oxygen atoms in total. The van der Waals surface area contributed by atoms with Crippen molar-refractivity contribution in [1.82, 2.24) is 0 Å². The van der Waals surface area contributed by atoms with Crippen molar-refractivity contribution in [3.05, 3.63) is 179 Å². The summed E-state index contributed by atoms with van der Waals surface area (Å²) in [5, 5.41) is 0. The van der Waals surface area contributed by atoms with Crippen LogP contribution in [-0.2, 0) is 17.4 Å². The summed E-state index contributed by atoms with van der Waals surface area (Å²) in [5.74, 6) is 0. The van der Waals surface area contributed by atoms with Crippen LogP contribution >= 0.6 is 0 Å². The number of unbranched alkanes of at least 4 members (excludes halogenated alkanes) is 4. The summed E-state index contributed by atoms with van der Waals surface area (Å²) in [5.41, 5.74) is 20.5. The molecular weight excluding hydrogens is 768 g/mol. The van der Waals surface area contributed by atoms with Gasteiger partial charge in [0.25, 0.3) is 0 Å². The Labute approximate surface area is 339 Å². The van der Waals surface area contributed by atoms with Gasteiger partial charge in [-0.1, -0.05) is 0 Å². The molecule has 0 heterocycles. The fraction of sp³-hybridized carbons (Fsp3) is 0.259. The number of benzene rings is 6. The number of allylic oxidation sites excluding steroid dienone is 2. The topological polar surface area (TPSA) is 0 Å². The van der Waals surface area contributed by atoms with Crippen LogP contribution in [-0.4, -0.2) is 6.88 Å². The van der Waals surface area contributed by atoms with Gasteiger partial charge in [-0.3, -0.25) is 0 Å². The van der Waals surface area contributed by atoms with Gasteiger partial charge in [-0.15, -0.1) is 0 Å². The molecule has 8 rings (SSSR count). The van der Waals surface area contributed by atoms with Crippen LogP contribution < -0.4 is 0 Å². The van der Waals surface area contributed by atoms with E-state index in [4.69, 9.17) is 0 Å². The van der Waals surface area contributed by atoms with Gasteiger partial charge in [0.2, 0.25) is 0 Å². The molecule has 0 spiro atoms. The van der Waals surface area contributed by atoms with Crippen molar-refractivity contribution in [3.63, 3.8) is 0 Å². The first kappa shape index (κ1) is 38.8. The molecule has 6 aromatic rings. The van der Waals surface area contributed by atoms with Crippen LogP contribution in [0.4, 0.5) is 0 Å². The van der Waals surface area contributed by atoms with E-state index >= 15 is 0 Å². The third-order valence-corrected chi connectivity index (χ3v) is 30.3. The van der Waals surface area contributed by atoms with Crippen LogP contribution in [0.3, 0.4) is 0 Å². The Hall–Kier alpha value is -4.10. The molecule has 2 aliphatic carbocycles. The molecule has 0 radical (unpaired) electrons. The van der Waals surface area contributed by atoms with Gasteiger partial charge in [0.05, 0.1) is 0 Å². The van der Waals surface area contributed by atoms with Crippen LogP contribution in [0.25, 0.3) is 56.7 Å². The predicted molar refractivity (Wildman–Crippen MR) is 245 cm³/mol. The molecule has 2 unspecified atom stereocenters. The van der Waals surface area contributed by atoms with Crippen molar-refractivity contribution in [2.24, 2.45) is 0 Å². The molecule has 0 bridgehead atoms. The first-order chi connectivity index (χ1) is 27.3. The minimum absolute atomic E-state index is 0.426. The van der Waals surface area contributed by atoms with Crippen molar-refractivity contribution in [3.8, 4) is 44.5 Å². The molecule has 2 aliphatic rings. The van der Waals surface area contributed by atoms with Crippen LogP contribution in [0.15, 0.2) is 157 Å². The average Bonchev–Trinajstić information content (AvgIpc) is 3.83. The Morgan fingerprint density at radius 3 is 1.04 bits per heavy atom. The van der Waals surface area contributed by atoms with E-state index in [-0.39, 0.29) is 0 Å². The first-order valence-corrected chi connectivity index (χ1v) is 35.0. The van der Waals surface area contributed by atoms with Gasteiger partial charge >= 0.3 is 342 Å². The van der Waals surface area contributed by atoms with Gasteiger partial charge in [-0.05, 0) is 0 Å². The van der Waals surface area contributed by atoms with E-state index in [1.165, 1.54) is 107 Å². The average molecular weight is 826 g/mol. The van der Waals surface area contributed by atoms with Crippen molar-refractivity contribution < 1.29 is 17.4 Å². The minimum atomic E-state index is -4.12. The molecule has 282 valence electrons. The van der Waals surface area contributed by atoms with Gasteiger partial charge < -0.3 is 0 Å². The predicted octanol–water partition coefficient (Wildman–Crippen LogP) is 15.4. The summed E-state index contributed by atoms with van der Waals surface area (Å²) in [6, 6.07) is 54.8. The Morgan fingerprint density at radius 1 is 0.411 bits per heavy atom. The van der Waals surface area contributed by atoms with E-state index in [9.17, 15) is 0 Å². The van der Waals surface area contributed by atoms with Gasteiger partial charge in [-0.25, -0.2) is 0 Å². The number of rotatable bonds is 14. The van der Waals surface area contributed by atoms with Crippen molar-refractivity contribution in [2.75, 3.05) is 0 Å².